The van der Waals surface area contributed by atoms with Gasteiger partial charge < -0.3 is 5.32 Å². The highest BCUT2D eigenvalue weighted by Gasteiger charge is 2.37. The largest absolute Gasteiger partial charge is 0.305 e. The van der Waals surface area contributed by atoms with Gasteiger partial charge in [0.25, 0.3) is 0 Å². The molecule has 1 atom stereocenters. The smallest absolute Gasteiger partial charge is 0.152 e. The van der Waals surface area contributed by atoms with E-state index in [0.29, 0.717) is 13.0 Å². The molecule has 5 heteroatoms. The van der Waals surface area contributed by atoms with E-state index in [1.54, 1.807) is 0 Å². The number of aromatic nitrogens is 1. The van der Waals surface area contributed by atoms with Gasteiger partial charge in [-0.15, -0.1) is 0 Å². The van der Waals surface area contributed by atoms with Crippen LogP contribution in [-0.2, 0) is 16.4 Å². The molecular weight excluding hydrogens is 236 g/mol. The Kier molecular flexibility index (Phi) is 3.23. The number of nitrogens with one attached hydrogen (secondary N) is 1. The second kappa shape index (κ2) is 4.38. The maximum atomic E-state index is 11.5. The maximum Gasteiger partial charge on any atom is 0.152 e. The summed E-state index contributed by atoms with van der Waals surface area (Å²) >= 11 is 0. The molecule has 2 rings (SSSR count). The summed E-state index contributed by atoms with van der Waals surface area (Å²) < 4.78 is 22.9. The first kappa shape index (κ1) is 12.5. The van der Waals surface area contributed by atoms with Gasteiger partial charge in [-0.2, -0.15) is 0 Å². The number of sulfone groups is 1. The molecule has 0 saturated carbocycles. The lowest BCUT2D eigenvalue weighted by molar-refractivity contribution is 0.393. The van der Waals surface area contributed by atoms with E-state index in [4.69, 9.17) is 0 Å². The molecule has 1 aromatic rings. The van der Waals surface area contributed by atoms with E-state index < -0.39 is 9.84 Å². The zero-order valence-electron chi connectivity index (χ0n) is 10.2. The quantitative estimate of drug-likeness (QED) is 0.876. The van der Waals surface area contributed by atoms with Gasteiger partial charge in [-0.1, -0.05) is 6.07 Å². The highest BCUT2D eigenvalue weighted by molar-refractivity contribution is 7.91. The van der Waals surface area contributed by atoms with Gasteiger partial charge >= 0.3 is 0 Å². The van der Waals surface area contributed by atoms with Crippen LogP contribution in [0.2, 0.25) is 0 Å². The van der Waals surface area contributed by atoms with Crippen molar-refractivity contribution in [1.82, 2.24) is 10.3 Å². The third-order valence-electron chi connectivity index (χ3n) is 3.15. The number of aryl methyl sites for hydroxylation is 1. The minimum atomic E-state index is -2.85. The molecule has 1 fully saturated rings. The standard InChI is InChI=1S/C12H18N2O2S/c1-10-4-3-5-11(14-10)8-13-12(2)6-7-17(15,16)9-12/h3-5,13H,6-9H2,1-2H3. The third-order valence-corrected chi connectivity index (χ3v) is 5.05. The third kappa shape index (κ3) is 3.26. The van der Waals surface area contributed by atoms with E-state index in [1.807, 2.05) is 32.0 Å². The van der Waals surface area contributed by atoms with Gasteiger partial charge in [-0.05, 0) is 32.4 Å². The van der Waals surface area contributed by atoms with E-state index in [9.17, 15) is 8.42 Å². The molecule has 4 nitrogen and oxygen atoms in total. The summed E-state index contributed by atoms with van der Waals surface area (Å²) in [4.78, 5) is 4.39. The summed E-state index contributed by atoms with van der Waals surface area (Å²) in [5, 5.41) is 3.32. The van der Waals surface area contributed by atoms with Crippen LogP contribution in [0, 0.1) is 6.92 Å². The topological polar surface area (TPSA) is 59.1 Å². The fraction of sp³-hybridized carbons (Fsp3) is 0.583. The molecule has 94 valence electrons. The molecule has 0 spiro atoms. The summed E-state index contributed by atoms with van der Waals surface area (Å²) in [7, 11) is -2.85. The summed E-state index contributed by atoms with van der Waals surface area (Å²) in [6.07, 6.45) is 0.682. The lowest BCUT2D eigenvalue weighted by Crippen LogP contribution is -2.43. The zero-order valence-corrected chi connectivity index (χ0v) is 11.0. The minimum Gasteiger partial charge on any atom is -0.305 e. The summed E-state index contributed by atoms with van der Waals surface area (Å²) in [6.45, 7) is 4.53. The summed E-state index contributed by atoms with van der Waals surface area (Å²) in [5.74, 6) is 0.517. The van der Waals surface area contributed by atoms with E-state index in [2.05, 4.69) is 10.3 Å². The predicted octanol–water partition coefficient (Wildman–Crippen LogP) is 1.06. The monoisotopic (exact) mass is 254 g/mol. The fourth-order valence-corrected chi connectivity index (χ4v) is 4.27. The van der Waals surface area contributed by atoms with Crippen LogP contribution in [-0.4, -0.2) is 30.4 Å². The van der Waals surface area contributed by atoms with Crippen molar-refractivity contribution in [2.24, 2.45) is 0 Å². The average Bonchev–Trinajstić information content (AvgIpc) is 2.51. The van der Waals surface area contributed by atoms with Gasteiger partial charge in [0.15, 0.2) is 9.84 Å². The second-order valence-electron chi connectivity index (χ2n) is 5.03. The van der Waals surface area contributed by atoms with Crippen LogP contribution in [0.5, 0.6) is 0 Å². The molecule has 1 aliphatic heterocycles. The molecule has 0 aliphatic carbocycles. The maximum absolute atomic E-state index is 11.5. The first-order chi connectivity index (χ1) is 7.89. The Bertz CT molecular complexity index is 513. The van der Waals surface area contributed by atoms with Gasteiger partial charge in [-0.3, -0.25) is 4.98 Å². The lowest BCUT2D eigenvalue weighted by Gasteiger charge is -2.23. The van der Waals surface area contributed by atoms with Crippen molar-refractivity contribution in [2.45, 2.75) is 32.4 Å². The van der Waals surface area contributed by atoms with Crippen LogP contribution >= 0.6 is 0 Å². The molecule has 0 bridgehead atoms. The average molecular weight is 254 g/mol. The SMILES string of the molecule is Cc1cccc(CNC2(C)CCS(=O)(=O)C2)n1. The zero-order chi connectivity index (χ0) is 12.5. The van der Waals surface area contributed by atoms with E-state index in [1.165, 1.54) is 0 Å². The van der Waals surface area contributed by atoms with Crippen LogP contribution in [0.3, 0.4) is 0 Å². The summed E-state index contributed by atoms with van der Waals surface area (Å²) in [6, 6.07) is 5.87. The highest BCUT2D eigenvalue weighted by Crippen LogP contribution is 2.23. The molecule has 1 aliphatic rings. The number of rotatable bonds is 3. The summed E-state index contributed by atoms with van der Waals surface area (Å²) in [5.41, 5.74) is 1.63. The van der Waals surface area contributed by atoms with Gasteiger partial charge in [0, 0.05) is 17.8 Å². The van der Waals surface area contributed by atoms with Gasteiger partial charge in [0.05, 0.1) is 17.2 Å². The lowest BCUT2D eigenvalue weighted by atomic mass is 10.0. The number of hydrogen-bond acceptors (Lipinski definition) is 4. The fourth-order valence-electron chi connectivity index (χ4n) is 2.15. The van der Waals surface area contributed by atoms with Crippen molar-refractivity contribution in [3.63, 3.8) is 0 Å². The van der Waals surface area contributed by atoms with Crippen molar-refractivity contribution in [2.75, 3.05) is 11.5 Å². The van der Waals surface area contributed by atoms with Crippen LogP contribution < -0.4 is 5.32 Å². The van der Waals surface area contributed by atoms with Crippen LogP contribution in [0.25, 0.3) is 0 Å². The molecule has 17 heavy (non-hydrogen) atoms. The first-order valence-electron chi connectivity index (χ1n) is 5.77. The molecule has 0 amide bonds. The molecule has 0 aromatic carbocycles. The second-order valence-corrected chi connectivity index (χ2v) is 7.21. The molecule has 0 radical (unpaired) electrons. The van der Waals surface area contributed by atoms with Crippen molar-refractivity contribution >= 4 is 9.84 Å². The molecule has 2 heterocycles. The molecule has 1 saturated heterocycles. The van der Waals surface area contributed by atoms with Crippen LogP contribution in [0.4, 0.5) is 0 Å². The van der Waals surface area contributed by atoms with Gasteiger partial charge in [0.1, 0.15) is 0 Å². The Labute approximate surface area is 102 Å². The predicted molar refractivity (Wildman–Crippen MR) is 67.5 cm³/mol. The van der Waals surface area contributed by atoms with Crippen LogP contribution in [0.1, 0.15) is 24.7 Å². The van der Waals surface area contributed by atoms with Crippen molar-refractivity contribution in [3.05, 3.63) is 29.6 Å². The van der Waals surface area contributed by atoms with Crippen molar-refractivity contribution in [1.29, 1.82) is 0 Å². The normalized spacial score (nSPS) is 27.2. The molecule has 1 N–H and O–H groups in total. The van der Waals surface area contributed by atoms with Gasteiger partial charge in [-0.25, -0.2) is 8.42 Å². The van der Waals surface area contributed by atoms with E-state index >= 15 is 0 Å². The van der Waals surface area contributed by atoms with E-state index in [-0.39, 0.29) is 17.0 Å². The minimum absolute atomic E-state index is 0.228. The Hall–Kier alpha value is -0.940. The molecule has 1 aromatic heterocycles. The Morgan fingerprint density at radius 1 is 1.47 bits per heavy atom. The number of hydrogen-bond donors (Lipinski definition) is 1. The highest BCUT2D eigenvalue weighted by atomic mass is 32.2. The number of pyridine rings is 1. The number of nitrogens with zero attached hydrogens (tertiary/aromatic N) is 1. The molecular formula is C12H18N2O2S. The Morgan fingerprint density at radius 2 is 2.24 bits per heavy atom. The van der Waals surface area contributed by atoms with Crippen molar-refractivity contribution < 1.29 is 8.42 Å². The van der Waals surface area contributed by atoms with E-state index in [0.717, 1.165) is 11.4 Å². The van der Waals surface area contributed by atoms with Gasteiger partial charge in [0.2, 0.25) is 0 Å². The molecule has 1 unspecified atom stereocenters. The van der Waals surface area contributed by atoms with Crippen molar-refractivity contribution in [3.8, 4) is 0 Å². The van der Waals surface area contributed by atoms with Crippen LogP contribution in [0.15, 0.2) is 18.2 Å². The Balaban J connectivity index is 1.99. The Morgan fingerprint density at radius 3 is 2.82 bits per heavy atom. The first-order valence-corrected chi connectivity index (χ1v) is 7.59.